The van der Waals surface area contributed by atoms with Gasteiger partial charge in [0.2, 0.25) is 11.8 Å². The number of rotatable bonds is 16. The number of carbonyl (C=O) groups is 3. The Morgan fingerprint density at radius 2 is 1.81 bits per heavy atom. The summed E-state index contributed by atoms with van der Waals surface area (Å²) in [5, 5.41) is 31.5. The van der Waals surface area contributed by atoms with Crippen molar-refractivity contribution < 1.29 is 38.9 Å². The Kier molecular flexibility index (Phi) is 15.1. The van der Waals surface area contributed by atoms with E-state index in [-0.39, 0.29) is 49.7 Å². The van der Waals surface area contributed by atoms with Gasteiger partial charge in [0.05, 0.1) is 19.8 Å². The first kappa shape index (κ1) is 42.0. The minimum absolute atomic E-state index is 0.0255. The predicted octanol–water partition coefficient (Wildman–Crippen LogP) is 3.71. The van der Waals surface area contributed by atoms with Crippen molar-refractivity contribution in [2.24, 2.45) is 23.7 Å². The summed E-state index contributed by atoms with van der Waals surface area (Å²) in [5.74, 6) is 0.407. The van der Waals surface area contributed by atoms with Gasteiger partial charge in [-0.2, -0.15) is 5.06 Å². The molecule has 294 valence electrons. The van der Waals surface area contributed by atoms with Crippen LogP contribution in [0.5, 0.6) is 5.75 Å². The third kappa shape index (κ3) is 10.5. The van der Waals surface area contributed by atoms with Crippen LogP contribution >= 0.6 is 0 Å². The van der Waals surface area contributed by atoms with E-state index < -0.39 is 30.5 Å². The maximum atomic E-state index is 14.5. The molecule has 3 amide bonds. The first-order chi connectivity index (χ1) is 25.2. The highest BCUT2D eigenvalue weighted by atomic mass is 16.7. The van der Waals surface area contributed by atoms with E-state index >= 15 is 0 Å². The van der Waals surface area contributed by atoms with Crippen molar-refractivity contribution in [3.05, 3.63) is 47.5 Å². The van der Waals surface area contributed by atoms with E-state index in [0.29, 0.717) is 29.1 Å². The second-order valence-corrected chi connectivity index (χ2v) is 15.2. The zero-order chi connectivity index (χ0) is 39.0. The molecule has 2 aliphatic rings. The van der Waals surface area contributed by atoms with Crippen molar-refractivity contribution in [2.45, 2.75) is 96.9 Å². The molecule has 2 aromatic rings. The fourth-order valence-electron chi connectivity index (χ4n) is 7.64. The largest absolute Gasteiger partial charge is 0.496 e. The van der Waals surface area contributed by atoms with Gasteiger partial charge < -0.3 is 40.5 Å². The number of nitrogens with zero attached hydrogens (tertiary/aromatic N) is 2. The minimum atomic E-state index is -1.05. The summed E-state index contributed by atoms with van der Waals surface area (Å²) < 4.78 is 10.9. The molecule has 1 unspecified atom stereocenters. The molecule has 2 aromatic carbocycles. The third-order valence-corrected chi connectivity index (χ3v) is 11.0. The van der Waals surface area contributed by atoms with Crippen molar-refractivity contribution in [3.63, 3.8) is 0 Å². The highest BCUT2D eigenvalue weighted by Crippen LogP contribution is 2.39. The predicted molar refractivity (Wildman–Crippen MR) is 204 cm³/mol. The van der Waals surface area contributed by atoms with Crippen molar-refractivity contribution in [2.75, 3.05) is 46.8 Å². The zero-order valence-corrected chi connectivity index (χ0v) is 32.8. The number of aliphatic hydroxyl groups excluding tert-OH is 2. The van der Waals surface area contributed by atoms with Crippen LogP contribution in [0.2, 0.25) is 0 Å². The number of hydroxylamine groups is 2. The van der Waals surface area contributed by atoms with Crippen LogP contribution in [0.15, 0.2) is 36.4 Å². The quantitative estimate of drug-likeness (QED) is 0.161. The Morgan fingerprint density at radius 1 is 1.08 bits per heavy atom. The molecule has 0 aromatic heterocycles. The second-order valence-electron chi connectivity index (χ2n) is 15.2. The Bertz CT molecular complexity index is 1550. The van der Waals surface area contributed by atoms with E-state index in [2.05, 4.69) is 36.7 Å². The van der Waals surface area contributed by atoms with Crippen molar-refractivity contribution in [1.29, 1.82) is 0 Å². The fraction of sp³-hybridized carbons (Fsp3) is 0.625. The first-order valence-corrected chi connectivity index (χ1v) is 18.8. The summed E-state index contributed by atoms with van der Waals surface area (Å²) in [6.45, 7) is 8.44. The zero-order valence-electron chi connectivity index (χ0n) is 32.8. The summed E-state index contributed by atoms with van der Waals surface area (Å²) >= 11 is 0. The molecule has 53 heavy (non-hydrogen) atoms. The molecule has 1 saturated heterocycles. The summed E-state index contributed by atoms with van der Waals surface area (Å²) in [6.07, 6.45) is 0.449. The highest BCUT2D eigenvalue weighted by molar-refractivity contribution is 5.97. The number of hydrogen-bond acceptors (Lipinski definition) is 10. The lowest BCUT2D eigenvalue weighted by atomic mass is 9.74. The molecule has 1 aliphatic heterocycles. The molecule has 13 heteroatoms. The van der Waals surface area contributed by atoms with Crippen molar-refractivity contribution >= 4 is 23.4 Å². The van der Waals surface area contributed by atoms with Crippen LogP contribution in [0.3, 0.4) is 0 Å². The average molecular weight is 740 g/mol. The number of anilines is 1. The maximum absolute atomic E-state index is 14.5. The standard InChI is InChI=1S/C40H61N5O8/c1-23(2)26-14-13-24(3)32(20-26)43-40(50)37-36(25(4)46)33(21-42-34(47)15-16-35(48)51-8)53-45(37)22-27-11-10-12-31(38(27)52-9)28-17-29(39(49)41-5)19-30(18-28)44(6)7/h10-12,17-19,23-26,32-33,35-37,46,48H,13-16,20-22H2,1-9H3,(H,41,49)(H,42,47)(H,43,50)/t24-,25-,26-,32-,33-,35?,36+,37-/m0/s1. The second kappa shape index (κ2) is 19.0. The molecule has 4 rings (SSSR count). The molecule has 1 heterocycles. The van der Waals surface area contributed by atoms with Gasteiger partial charge in [-0.1, -0.05) is 39.0 Å². The molecule has 8 atom stereocenters. The van der Waals surface area contributed by atoms with E-state index in [9.17, 15) is 24.6 Å². The number of nitrogens with one attached hydrogen (secondary N) is 3. The normalized spacial score (nSPS) is 24.4. The Balaban J connectivity index is 1.70. The topological polar surface area (TPSA) is 162 Å². The minimum Gasteiger partial charge on any atom is -0.496 e. The van der Waals surface area contributed by atoms with E-state index in [1.807, 2.05) is 55.4 Å². The molecule has 2 fully saturated rings. The highest BCUT2D eigenvalue weighted by Gasteiger charge is 2.50. The lowest BCUT2D eigenvalue weighted by Crippen LogP contribution is -2.54. The summed E-state index contributed by atoms with van der Waals surface area (Å²) in [6, 6.07) is 10.4. The molecule has 5 N–H and O–H groups in total. The number of hydrogen-bond donors (Lipinski definition) is 5. The van der Waals surface area contributed by atoms with Gasteiger partial charge in [-0.3, -0.25) is 19.2 Å². The Labute approximate surface area is 314 Å². The lowest BCUT2D eigenvalue weighted by Gasteiger charge is -2.38. The molecular weight excluding hydrogens is 678 g/mol. The Hall–Kier alpha value is -3.75. The number of amides is 3. The van der Waals surface area contributed by atoms with Gasteiger partial charge in [0.15, 0.2) is 6.29 Å². The number of para-hydroxylation sites is 1. The Morgan fingerprint density at radius 3 is 2.43 bits per heavy atom. The van der Waals surface area contributed by atoms with Gasteiger partial charge in [-0.15, -0.1) is 0 Å². The number of ether oxygens (including phenoxy) is 2. The van der Waals surface area contributed by atoms with Crippen molar-refractivity contribution in [1.82, 2.24) is 21.0 Å². The smallest absolute Gasteiger partial charge is 0.251 e. The van der Waals surface area contributed by atoms with Gasteiger partial charge in [-0.05, 0) is 67.7 Å². The van der Waals surface area contributed by atoms with E-state index in [0.717, 1.165) is 41.6 Å². The first-order valence-electron chi connectivity index (χ1n) is 18.8. The van der Waals surface area contributed by atoms with E-state index in [1.54, 1.807) is 26.1 Å². The molecule has 0 spiro atoms. The van der Waals surface area contributed by atoms with Crippen molar-refractivity contribution in [3.8, 4) is 16.9 Å². The number of methoxy groups -OCH3 is 2. The van der Waals surface area contributed by atoms with Gasteiger partial charge in [0, 0.05) is 82.0 Å². The van der Waals surface area contributed by atoms with Crippen LogP contribution in [0, 0.1) is 23.7 Å². The van der Waals surface area contributed by atoms with E-state index in [4.69, 9.17) is 14.3 Å². The molecule has 1 aliphatic carbocycles. The molecule has 0 bridgehead atoms. The third-order valence-electron chi connectivity index (χ3n) is 11.0. The van der Waals surface area contributed by atoms with Gasteiger partial charge in [0.1, 0.15) is 17.9 Å². The number of benzene rings is 2. The van der Waals surface area contributed by atoms with Gasteiger partial charge >= 0.3 is 0 Å². The molecule has 1 saturated carbocycles. The number of carbonyl (C=O) groups excluding carboxylic acids is 3. The maximum Gasteiger partial charge on any atom is 0.251 e. The summed E-state index contributed by atoms with van der Waals surface area (Å²) in [7, 11) is 8.37. The molecular formula is C40H61N5O8. The SMILES string of the molecule is CNC(=O)c1cc(-c2cccc(CN3O[C@@H](CNC(=O)CCC(O)OC)[C@@H]([C@H](C)O)[C@H]3C(=O)N[C@H]3C[C@@H](C(C)C)CC[C@@H]3C)c2OC)cc(N(C)C)c1. The summed E-state index contributed by atoms with van der Waals surface area (Å²) in [5.41, 5.74) is 3.60. The van der Waals surface area contributed by atoms with Gasteiger partial charge in [-0.25, -0.2) is 0 Å². The lowest BCUT2D eigenvalue weighted by molar-refractivity contribution is -0.176. The fourth-order valence-corrected chi connectivity index (χ4v) is 7.64. The average Bonchev–Trinajstić information content (AvgIpc) is 3.51. The van der Waals surface area contributed by atoms with Crippen LogP contribution in [0.4, 0.5) is 5.69 Å². The van der Waals surface area contributed by atoms with Crippen LogP contribution in [-0.4, -0.2) is 105 Å². The molecule has 13 nitrogen and oxygen atoms in total. The monoisotopic (exact) mass is 739 g/mol. The van der Waals surface area contributed by atoms with Crippen LogP contribution in [0.1, 0.15) is 75.7 Å². The number of aliphatic hydroxyl groups is 2. The van der Waals surface area contributed by atoms with Crippen LogP contribution in [0.25, 0.3) is 11.1 Å². The van der Waals surface area contributed by atoms with Gasteiger partial charge in [0.25, 0.3) is 5.91 Å². The van der Waals surface area contributed by atoms with E-state index in [1.165, 1.54) is 7.11 Å². The van der Waals surface area contributed by atoms with Crippen LogP contribution < -0.4 is 25.6 Å². The molecule has 0 radical (unpaired) electrons. The van der Waals surface area contributed by atoms with Crippen LogP contribution in [-0.2, 0) is 25.7 Å². The summed E-state index contributed by atoms with van der Waals surface area (Å²) in [4.78, 5) is 48.4.